The summed E-state index contributed by atoms with van der Waals surface area (Å²) in [5.74, 6) is 0. The fourth-order valence-corrected chi connectivity index (χ4v) is 3.07. The van der Waals surface area contributed by atoms with Gasteiger partial charge in [-0.3, -0.25) is 4.52 Å². The maximum absolute atomic E-state index is 10.8. The van der Waals surface area contributed by atoms with Gasteiger partial charge in [0, 0.05) is 0 Å². The molecule has 14 nitrogen and oxygen atoms in total. The Kier molecular flexibility index (Phi) is 7.68. The van der Waals surface area contributed by atoms with E-state index in [0.29, 0.717) is 0 Å². The average molecular weight is 422 g/mol. The molecule has 1 unspecified atom stereocenters. The van der Waals surface area contributed by atoms with Crippen LogP contribution in [-0.4, -0.2) is 120 Å². The summed E-state index contributed by atoms with van der Waals surface area (Å²) in [4.78, 5) is 17.4. The first-order valence-electron chi connectivity index (χ1n) is 7.82. The minimum atomic E-state index is -4.92. The molecular formula is C12H23O14P. The van der Waals surface area contributed by atoms with E-state index in [1.807, 2.05) is 0 Å². The van der Waals surface area contributed by atoms with Gasteiger partial charge < -0.3 is 59.7 Å². The third kappa shape index (κ3) is 5.41. The van der Waals surface area contributed by atoms with Crippen molar-refractivity contribution < 1.29 is 68.8 Å². The molecular weight excluding hydrogens is 399 g/mol. The second-order valence-corrected chi connectivity index (χ2v) is 7.37. The number of rotatable bonds is 6. The first-order chi connectivity index (χ1) is 12.5. The molecule has 0 spiro atoms. The summed E-state index contributed by atoms with van der Waals surface area (Å²) in [7, 11) is -4.92. The lowest BCUT2D eigenvalue weighted by molar-refractivity contribution is -0.354. The number of hydrogen-bond donors (Lipinski definition) is 9. The summed E-state index contributed by atoms with van der Waals surface area (Å²) in [5.41, 5.74) is 0. The van der Waals surface area contributed by atoms with Crippen LogP contribution in [0.3, 0.4) is 0 Å². The van der Waals surface area contributed by atoms with Crippen molar-refractivity contribution in [3.8, 4) is 0 Å². The van der Waals surface area contributed by atoms with E-state index >= 15 is 0 Å². The molecule has 2 aliphatic rings. The van der Waals surface area contributed by atoms with Gasteiger partial charge in [-0.1, -0.05) is 0 Å². The van der Waals surface area contributed by atoms with Crippen LogP contribution in [0.15, 0.2) is 0 Å². The Morgan fingerprint density at radius 1 is 0.815 bits per heavy atom. The topological polar surface area (TPSA) is 236 Å². The van der Waals surface area contributed by atoms with Crippen LogP contribution >= 0.6 is 7.82 Å². The van der Waals surface area contributed by atoms with Gasteiger partial charge in [0.2, 0.25) is 0 Å². The van der Waals surface area contributed by atoms with Crippen LogP contribution in [0.4, 0.5) is 0 Å². The molecule has 2 saturated heterocycles. The van der Waals surface area contributed by atoms with E-state index in [4.69, 9.17) is 24.0 Å². The van der Waals surface area contributed by atoms with Crippen molar-refractivity contribution in [2.75, 3.05) is 13.2 Å². The van der Waals surface area contributed by atoms with Crippen molar-refractivity contribution in [1.82, 2.24) is 0 Å². The Labute approximate surface area is 152 Å². The third-order valence-corrected chi connectivity index (χ3v) is 4.69. The third-order valence-electron chi connectivity index (χ3n) is 4.21. The van der Waals surface area contributed by atoms with Crippen LogP contribution in [0.25, 0.3) is 0 Å². The number of hydrogen-bond acceptors (Lipinski definition) is 12. The van der Waals surface area contributed by atoms with E-state index in [2.05, 4.69) is 4.52 Å². The van der Waals surface area contributed by atoms with E-state index in [1.165, 1.54) is 0 Å². The van der Waals surface area contributed by atoms with Gasteiger partial charge in [0.25, 0.3) is 0 Å². The molecule has 0 aromatic carbocycles. The molecule has 0 aliphatic carbocycles. The summed E-state index contributed by atoms with van der Waals surface area (Å²) in [6.07, 6.45) is -17.1. The highest BCUT2D eigenvalue weighted by Gasteiger charge is 2.50. The van der Waals surface area contributed by atoms with Gasteiger partial charge in [-0.05, 0) is 0 Å². The van der Waals surface area contributed by atoms with Crippen molar-refractivity contribution >= 4 is 7.82 Å². The van der Waals surface area contributed by atoms with Crippen molar-refractivity contribution in [3.05, 3.63) is 0 Å². The second-order valence-electron chi connectivity index (χ2n) is 6.13. The van der Waals surface area contributed by atoms with Crippen LogP contribution in [0.5, 0.6) is 0 Å². The van der Waals surface area contributed by atoms with E-state index < -0.39 is 82.4 Å². The molecule has 0 aromatic heterocycles. The van der Waals surface area contributed by atoms with Crippen LogP contribution in [0.1, 0.15) is 0 Å². The minimum Gasteiger partial charge on any atom is -0.394 e. The molecule has 10 atom stereocenters. The monoisotopic (exact) mass is 422 g/mol. The molecule has 27 heavy (non-hydrogen) atoms. The standard InChI is InChI=1S/C12H23O14P/c13-1-3-10(7(16)8(17)11(19)24-3)26-12-9(18)6(15)5(14)4(25-12)2-23-27(20,21)22/h3-19H,1-2H2,(H2,20,21,22)/t3-,4-,5-,6+,7-,8-,9-,10-,11?,12+/m1/s1. The lowest BCUT2D eigenvalue weighted by Gasteiger charge is -2.45. The molecule has 2 aliphatic heterocycles. The predicted octanol–water partition coefficient (Wildman–Crippen LogP) is -5.28. The smallest absolute Gasteiger partial charge is 0.394 e. The van der Waals surface area contributed by atoms with Crippen molar-refractivity contribution in [2.45, 2.75) is 61.4 Å². The van der Waals surface area contributed by atoms with Crippen molar-refractivity contribution in [2.24, 2.45) is 0 Å². The van der Waals surface area contributed by atoms with Gasteiger partial charge in [-0.2, -0.15) is 0 Å². The highest BCUT2D eigenvalue weighted by atomic mass is 31.2. The van der Waals surface area contributed by atoms with Gasteiger partial charge >= 0.3 is 7.82 Å². The SMILES string of the molecule is O=P(O)(O)OC[C@H]1O[C@@H](O[C@H]2[C@H](O)[C@@H](O)C(O)O[C@@H]2CO)[C@H](O)[C@@H](O)[C@@H]1O. The fraction of sp³-hybridized carbons (Fsp3) is 1.00. The first-order valence-corrected chi connectivity index (χ1v) is 9.35. The van der Waals surface area contributed by atoms with E-state index in [-0.39, 0.29) is 0 Å². The molecule has 2 fully saturated rings. The van der Waals surface area contributed by atoms with E-state index in [0.717, 1.165) is 0 Å². The molecule has 0 amide bonds. The molecule has 9 N–H and O–H groups in total. The highest BCUT2D eigenvalue weighted by Crippen LogP contribution is 2.37. The number of ether oxygens (including phenoxy) is 3. The largest absolute Gasteiger partial charge is 0.469 e. The molecule has 160 valence electrons. The maximum atomic E-state index is 10.8. The normalized spacial score (nSPS) is 46.4. The Hall–Kier alpha value is -0.290. The fourth-order valence-electron chi connectivity index (χ4n) is 2.73. The van der Waals surface area contributed by atoms with Gasteiger partial charge in [0.05, 0.1) is 13.2 Å². The Bertz CT molecular complexity index is 526. The van der Waals surface area contributed by atoms with Gasteiger partial charge in [-0.15, -0.1) is 0 Å². The van der Waals surface area contributed by atoms with E-state index in [9.17, 15) is 40.3 Å². The zero-order valence-electron chi connectivity index (χ0n) is 13.7. The number of phosphoric acid groups is 1. The summed E-state index contributed by atoms with van der Waals surface area (Å²) in [6.45, 7) is -1.63. The summed E-state index contributed by atoms with van der Waals surface area (Å²) < 4.78 is 30.3. The lowest BCUT2D eigenvalue weighted by Crippen LogP contribution is -2.64. The van der Waals surface area contributed by atoms with Crippen LogP contribution in [0.2, 0.25) is 0 Å². The molecule has 0 aromatic rings. The maximum Gasteiger partial charge on any atom is 0.469 e. The molecule has 0 saturated carbocycles. The Morgan fingerprint density at radius 3 is 2.00 bits per heavy atom. The minimum absolute atomic E-state index is 0.760. The number of aliphatic hydroxyl groups is 7. The number of aliphatic hydroxyl groups excluding tert-OH is 7. The Balaban J connectivity index is 2.11. The zero-order chi connectivity index (χ0) is 20.5. The molecule has 2 heterocycles. The van der Waals surface area contributed by atoms with Crippen molar-refractivity contribution in [3.63, 3.8) is 0 Å². The summed E-state index contributed by atoms with van der Waals surface area (Å²) >= 11 is 0. The average Bonchev–Trinajstić information content (AvgIpc) is 2.60. The van der Waals surface area contributed by atoms with Gasteiger partial charge in [-0.25, -0.2) is 4.57 Å². The first kappa shape index (κ1) is 23.0. The highest BCUT2D eigenvalue weighted by molar-refractivity contribution is 7.46. The van der Waals surface area contributed by atoms with Crippen LogP contribution in [0, 0.1) is 0 Å². The summed E-state index contributed by atoms with van der Waals surface area (Å²) in [6, 6.07) is 0. The van der Waals surface area contributed by atoms with Gasteiger partial charge in [0.1, 0.15) is 48.8 Å². The lowest BCUT2D eigenvalue weighted by atomic mass is 9.97. The number of phosphoric ester groups is 1. The van der Waals surface area contributed by atoms with E-state index in [1.54, 1.807) is 0 Å². The quantitative estimate of drug-likeness (QED) is 0.182. The molecule has 0 bridgehead atoms. The summed E-state index contributed by atoms with van der Waals surface area (Å²) in [5, 5.41) is 68.1. The molecule has 15 heteroatoms. The molecule has 2 rings (SSSR count). The van der Waals surface area contributed by atoms with Crippen molar-refractivity contribution in [1.29, 1.82) is 0 Å². The zero-order valence-corrected chi connectivity index (χ0v) is 14.6. The van der Waals surface area contributed by atoms with Crippen LogP contribution < -0.4 is 0 Å². The van der Waals surface area contributed by atoms with Crippen LogP contribution in [-0.2, 0) is 23.3 Å². The van der Waals surface area contributed by atoms with Gasteiger partial charge in [0.15, 0.2) is 12.6 Å². The Morgan fingerprint density at radius 2 is 1.44 bits per heavy atom. The molecule has 0 radical (unpaired) electrons. The second kappa shape index (κ2) is 9.02. The predicted molar refractivity (Wildman–Crippen MR) is 79.5 cm³/mol.